The molecule has 2 nitrogen and oxygen atoms in total. The summed E-state index contributed by atoms with van der Waals surface area (Å²) < 4.78 is 69.6. The highest BCUT2D eigenvalue weighted by Crippen LogP contribution is 2.37. The lowest BCUT2D eigenvalue weighted by molar-refractivity contribution is -0.301. The Labute approximate surface area is 89.7 Å². The molecule has 0 aromatic heterocycles. The molecule has 7 heteroatoms. The Bertz CT molecular complexity index is 229. The molecule has 0 amide bonds. The van der Waals surface area contributed by atoms with Crippen molar-refractivity contribution in [3.63, 3.8) is 0 Å². The monoisotopic (exact) mass is 248 g/mol. The lowest BCUT2D eigenvalue weighted by atomic mass is 9.84. The smallest absolute Gasteiger partial charge is 0.380 e. The Hall–Kier alpha value is -0.430. The summed E-state index contributed by atoms with van der Waals surface area (Å²) in [6.07, 6.45) is -4.92. The third-order valence-corrected chi connectivity index (χ3v) is 2.67. The Kier molecular flexibility index (Phi) is 3.79. The van der Waals surface area contributed by atoms with E-state index in [1.54, 1.807) is 0 Å². The molecule has 0 N–H and O–H groups in total. The standard InChI is InChI=1S/C9H13F5O2/c1-2-7(3-15-4-7)5-16-6-8(10,11)9(12,13)14/h2-6H2,1H3. The topological polar surface area (TPSA) is 18.5 Å². The van der Waals surface area contributed by atoms with E-state index >= 15 is 0 Å². The number of hydrogen-bond donors (Lipinski definition) is 0. The van der Waals surface area contributed by atoms with Gasteiger partial charge < -0.3 is 9.47 Å². The van der Waals surface area contributed by atoms with Crippen molar-refractivity contribution in [1.29, 1.82) is 0 Å². The highest BCUT2D eigenvalue weighted by molar-refractivity contribution is 4.84. The fraction of sp³-hybridized carbons (Fsp3) is 1.00. The summed E-state index contributed by atoms with van der Waals surface area (Å²) in [6.45, 7) is 0.753. The summed E-state index contributed by atoms with van der Waals surface area (Å²) in [7, 11) is 0. The second-order valence-corrected chi connectivity index (χ2v) is 4.04. The molecule has 96 valence electrons. The minimum absolute atomic E-state index is 0.130. The molecule has 1 saturated heterocycles. The maximum atomic E-state index is 12.5. The summed E-state index contributed by atoms with van der Waals surface area (Å²) in [5, 5.41) is 0. The molecule has 0 spiro atoms. The summed E-state index contributed by atoms with van der Waals surface area (Å²) in [5.74, 6) is -4.79. The lowest BCUT2D eigenvalue weighted by Gasteiger charge is -2.40. The van der Waals surface area contributed by atoms with Crippen molar-refractivity contribution >= 4 is 0 Å². The van der Waals surface area contributed by atoms with E-state index < -0.39 is 18.7 Å². The van der Waals surface area contributed by atoms with Crippen molar-refractivity contribution in [1.82, 2.24) is 0 Å². The highest BCUT2D eigenvalue weighted by atomic mass is 19.4. The maximum absolute atomic E-state index is 12.5. The second kappa shape index (κ2) is 4.44. The van der Waals surface area contributed by atoms with Gasteiger partial charge in [-0.3, -0.25) is 0 Å². The largest absolute Gasteiger partial charge is 0.455 e. The summed E-state index contributed by atoms with van der Waals surface area (Å²) in [4.78, 5) is 0. The van der Waals surface area contributed by atoms with Gasteiger partial charge in [-0.05, 0) is 6.42 Å². The third kappa shape index (κ3) is 2.82. The molecule has 0 unspecified atom stereocenters. The van der Waals surface area contributed by atoms with Crippen molar-refractivity contribution < 1.29 is 31.4 Å². The number of halogens is 5. The second-order valence-electron chi connectivity index (χ2n) is 4.04. The van der Waals surface area contributed by atoms with Crippen LogP contribution < -0.4 is 0 Å². The zero-order valence-electron chi connectivity index (χ0n) is 8.74. The van der Waals surface area contributed by atoms with Crippen LogP contribution in [-0.4, -0.2) is 38.5 Å². The van der Waals surface area contributed by atoms with Crippen LogP contribution in [0.5, 0.6) is 0 Å². The van der Waals surface area contributed by atoms with Crippen LogP contribution in [0, 0.1) is 5.41 Å². The van der Waals surface area contributed by atoms with Gasteiger partial charge in [-0.1, -0.05) is 6.92 Å². The third-order valence-electron chi connectivity index (χ3n) is 2.67. The Morgan fingerprint density at radius 1 is 1.19 bits per heavy atom. The molecule has 0 atom stereocenters. The van der Waals surface area contributed by atoms with Crippen LogP contribution in [0.15, 0.2) is 0 Å². The average molecular weight is 248 g/mol. The van der Waals surface area contributed by atoms with Gasteiger partial charge in [-0.25, -0.2) is 0 Å². The lowest BCUT2D eigenvalue weighted by Crippen LogP contribution is -2.48. The molecule has 16 heavy (non-hydrogen) atoms. The van der Waals surface area contributed by atoms with E-state index in [1.165, 1.54) is 0 Å². The molecule has 0 aromatic rings. The van der Waals surface area contributed by atoms with E-state index in [2.05, 4.69) is 4.74 Å². The maximum Gasteiger partial charge on any atom is 0.455 e. The van der Waals surface area contributed by atoms with Gasteiger partial charge in [-0.2, -0.15) is 22.0 Å². The Morgan fingerprint density at radius 3 is 2.06 bits per heavy atom. The van der Waals surface area contributed by atoms with E-state index in [-0.39, 0.29) is 12.0 Å². The summed E-state index contributed by atoms with van der Waals surface area (Å²) in [6, 6.07) is 0. The summed E-state index contributed by atoms with van der Waals surface area (Å²) in [5.41, 5.74) is -0.387. The van der Waals surface area contributed by atoms with Crippen LogP contribution in [0.4, 0.5) is 22.0 Å². The number of alkyl halides is 5. The Balaban J connectivity index is 2.35. The van der Waals surface area contributed by atoms with Crippen LogP contribution in [0.25, 0.3) is 0 Å². The van der Waals surface area contributed by atoms with E-state index in [1.807, 2.05) is 6.92 Å². The van der Waals surface area contributed by atoms with Crippen molar-refractivity contribution in [3.05, 3.63) is 0 Å². The van der Waals surface area contributed by atoms with E-state index in [9.17, 15) is 22.0 Å². The highest BCUT2D eigenvalue weighted by Gasteiger charge is 2.57. The first-order valence-corrected chi connectivity index (χ1v) is 4.82. The van der Waals surface area contributed by atoms with Gasteiger partial charge >= 0.3 is 12.1 Å². The predicted molar refractivity (Wildman–Crippen MR) is 45.4 cm³/mol. The zero-order valence-corrected chi connectivity index (χ0v) is 8.74. The van der Waals surface area contributed by atoms with Crippen molar-refractivity contribution in [3.8, 4) is 0 Å². The predicted octanol–water partition coefficient (Wildman–Crippen LogP) is 2.63. The first-order chi connectivity index (χ1) is 7.22. The molecular weight excluding hydrogens is 235 g/mol. The molecule has 1 fully saturated rings. The minimum Gasteiger partial charge on any atom is -0.380 e. The van der Waals surface area contributed by atoms with Gasteiger partial charge in [-0.15, -0.1) is 0 Å². The Morgan fingerprint density at radius 2 is 1.75 bits per heavy atom. The van der Waals surface area contributed by atoms with Gasteiger partial charge in [0.25, 0.3) is 0 Å². The summed E-state index contributed by atoms with van der Waals surface area (Å²) >= 11 is 0. The van der Waals surface area contributed by atoms with E-state index in [0.717, 1.165) is 0 Å². The SMILES string of the molecule is CCC1(COCC(F)(F)C(F)(F)F)COC1. The van der Waals surface area contributed by atoms with Crippen LogP contribution in [0.3, 0.4) is 0 Å². The molecule has 0 aromatic carbocycles. The molecule has 1 aliphatic rings. The van der Waals surface area contributed by atoms with Gasteiger partial charge in [0.2, 0.25) is 0 Å². The molecule has 1 rings (SSSR count). The molecule has 0 aliphatic carbocycles. The zero-order chi connectivity index (χ0) is 12.4. The van der Waals surface area contributed by atoms with Gasteiger partial charge in [0.05, 0.1) is 19.8 Å². The van der Waals surface area contributed by atoms with Crippen molar-refractivity contribution in [2.45, 2.75) is 25.4 Å². The number of ether oxygens (including phenoxy) is 2. The van der Waals surface area contributed by atoms with Crippen LogP contribution in [0.2, 0.25) is 0 Å². The van der Waals surface area contributed by atoms with Crippen LogP contribution in [-0.2, 0) is 9.47 Å². The molecule has 0 radical (unpaired) electrons. The van der Waals surface area contributed by atoms with Crippen LogP contribution >= 0.6 is 0 Å². The van der Waals surface area contributed by atoms with E-state index in [4.69, 9.17) is 4.74 Å². The van der Waals surface area contributed by atoms with Crippen molar-refractivity contribution in [2.24, 2.45) is 5.41 Å². The van der Waals surface area contributed by atoms with Gasteiger partial charge in [0.1, 0.15) is 6.61 Å². The normalized spacial score (nSPS) is 20.6. The van der Waals surface area contributed by atoms with Gasteiger partial charge in [0.15, 0.2) is 0 Å². The molecule has 0 bridgehead atoms. The molecular formula is C9H13F5O2. The van der Waals surface area contributed by atoms with Crippen LogP contribution in [0.1, 0.15) is 13.3 Å². The van der Waals surface area contributed by atoms with E-state index in [0.29, 0.717) is 19.6 Å². The molecule has 1 heterocycles. The quantitative estimate of drug-likeness (QED) is 0.696. The minimum atomic E-state index is -5.55. The fourth-order valence-corrected chi connectivity index (χ4v) is 1.26. The number of rotatable bonds is 5. The fourth-order valence-electron chi connectivity index (χ4n) is 1.26. The first-order valence-electron chi connectivity index (χ1n) is 4.82. The first kappa shape index (κ1) is 13.6. The van der Waals surface area contributed by atoms with Gasteiger partial charge in [0, 0.05) is 5.41 Å². The molecule has 1 aliphatic heterocycles. The molecule has 0 saturated carbocycles. The average Bonchev–Trinajstić information content (AvgIpc) is 2.07. The number of hydrogen-bond acceptors (Lipinski definition) is 2. The van der Waals surface area contributed by atoms with Crippen molar-refractivity contribution in [2.75, 3.05) is 26.4 Å².